The van der Waals surface area contributed by atoms with Gasteiger partial charge in [0, 0.05) is 43.5 Å². The van der Waals surface area contributed by atoms with E-state index in [2.05, 4.69) is 9.80 Å². The lowest BCUT2D eigenvalue weighted by Crippen LogP contribution is -2.47. The van der Waals surface area contributed by atoms with Crippen LogP contribution in [0.4, 0.5) is 10.1 Å². The zero-order valence-electron chi connectivity index (χ0n) is 10.3. The molecule has 3 rings (SSSR count). The summed E-state index contributed by atoms with van der Waals surface area (Å²) in [6.45, 7) is 3.91. The molecule has 18 heavy (non-hydrogen) atoms. The molecule has 2 aliphatic rings. The van der Waals surface area contributed by atoms with Crippen molar-refractivity contribution in [2.24, 2.45) is 0 Å². The predicted molar refractivity (Wildman–Crippen MR) is 68.6 cm³/mol. The first-order valence-electron chi connectivity index (χ1n) is 6.51. The van der Waals surface area contributed by atoms with Crippen molar-refractivity contribution in [2.75, 3.05) is 31.1 Å². The van der Waals surface area contributed by atoms with Gasteiger partial charge in [-0.05, 0) is 31.0 Å². The number of aldehydes is 1. The summed E-state index contributed by atoms with van der Waals surface area (Å²) in [5.74, 6) is -0.334. The van der Waals surface area contributed by atoms with Crippen LogP contribution in [0, 0.1) is 5.82 Å². The highest BCUT2D eigenvalue weighted by molar-refractivity contribution is 5.77. The summed E-state index contributed by atoms with van der Waals surface area (Å²) < 4.78 is 13.4. The number of nitrogens with zero attached hydrogens (tertiary/aromatic N) is 2. The zero-order chi connectivity index (χ0) is 12.5. The third-order valence-electron chi connectivity index (χ3n) is 3.78. The average molecular weight is 248 g/mol. The van der Waals surface area contributed by atoms with E-state index in [0.29, 0.717) is 11.8 Å². The van der Waals surface area contributed by atoms with Crippen LogP contribution in [-0.4, -0.2) is 43.4 Å². The fraction of sp³-hybridized carbons (Fsp3) is 0.500. The van der Waals surface area contributed by atoms with Gasteiger partial charge < -0.3 is 4.90 Å². The molecule has 0 bridgehead atoms. The van der Waals surface area contributed by atoms with Crippen molar-refractivity contribution in [1.29, 1.82) is 0 Å². The van der Waals surface area contributed by atoms with Crippen LogP contribution in [0.5, 0.6) is 0 Å². The molecule has 0 atom stereocenters. The third kappa shape index (κ3) is 2.38. The number of rotatable bonds is 3. The summed E-state index contributed by atoms with van der Waals surface area (Å²) in [6, 6.07) is 5.35. The minimum Gasteiger partial charge on any atom is -0.369 e. The molecule has 0 N–H and O–H groups in total. The maximum Gasteiger partial charge on any atom is 0.150 e. The number of hydrogen-bond acceptors (Lipinski definition) is 3. The van der Waals surface area contributed by atoms with Crippen LogP contribution in [0.1, 0.15) is 23.2 Å². The van der Waals surface area contributed by atoms with Gasteiger partial charge >= 0.3 is 0 Å². The van der Waals surface area contributed by atoms with Crippen molar-refractivity contribution in [3.05, 3.63) is 29.6 Å². The van der Waals surface area contributed by atoms with Crippen molar-refractivity contribution >= 4 is 12.0 Å². The molecule has 96 valence electrons. The third-order valence-corrected chi connectivity index (χ3v) is 3.78. The maximum atomic E-state index is 13.4. The summed E-state index contributed by atoms with van der Waals surface area (Å²) in [5.41, 5.74) is 1.24. The normalized spacial score (nSPS) is 21.1. The number of anilines is 1. The molecule has 0 amide bonds. The van der Waals surface area contributed by atoms with Gasteiger partial charge in [0.1, 0.15) is 12.1 Å². The Hall–Kier alpha value is -1.42. The average Bonchev–Trinajstić information content (AvgIpc) is 3.22. The van der Waals surface area contributed by atoms with Crippen molar-refractivity contribution < 1.29 is 9.18 Å². The molecule has 0 aromatic heterocycles. The van der Waals surface area contributed by atoms with E-state index >= 15 is 0 Å². The summed E-state index contributed by atoms with van der Waals surface area (Å²) in [4.78, 5) is 15.4. The van der Waals surface area contributed by atoms with E-state index in [1.807, 2.05) is 0 Å². The molecule has 0 spiro atoms. The molecule has 1 aliphatic carbocycles. The van der Waals surface area contributed by atoms with Crippen LogP contribution in [-0.2, 0) is 0 Å². The first-order chi connectivity index (χ1) is 8.76. The van der Waals surface area contributed by atoms with Gasteiger partial charge in [-0.1, -0.05) is 0 Å². The van der Waals surface area contributed by atoms with E-state index in [0.717, 1.165) is 37.9 Å². The molecule has 1 saturated heterocycles. The quantitative estimate of drug-likeness (QED) is 0.764. The number of hydrogen-bond donors (Lipinski definition) is 0. The predicted octanol–water partition coefficient (Wildman–Crippen LogP) is 1.92. The summed E-state index contributed by atoms with van der Waals surface area (Å²) in [5, 5.41) is 0. The number of benzene rings is 1. The highest BCUT2D eigenvalue weighted by atomic mass is 19.1. The van der Waals surface area contributed by atoms with E-state index in [1.54, 1.807) is 6.07 Å². The van der Waals surface area contributed by atoms with E-state index < -0.39 is 0 Å². The van der Waals surface area contributed by atoms with Crippen LogP contribution in [0.25, 0.3) is 0 Å². The second-order valence-corrected chi connectivity index (χ2v) is 5.11. The van der Waals surface area contributed by atoms with E-state index in [-0.39, 0.29) is 5.82 Å². The monoisotopic (exact) mass is 248 g/mol. The Balaban J connectivity index is 1.71. The topological polar surface area (TPSA) is 23.6 Å². The molecule has 4 heteroatoms. The largest absolute Gasteiger partial charge is 0.369 e. The molecular weight excluding hydrogens is 231 g/mol. The lowest BCUT2D eigenvalue weighted by Gasteiger charge is -2.36. The van der Waals surface area contributed by atoms with Crippen LogP contribution in [0.3, 0.4) is 0 Å². The molecule has 0 radical (unpaired) electrons. The van der Waals surface area contributed by atoms with Gasteiger partial charge in [0.2, 0.25) is 0 Å². The molecule has 3 nitrogen and oxygen atoms in total. The Bertz CT molecular complexity index is 451. The standard InChI is InChI=1S/C14H17FN2O/c15-12-7-11(10-18)8-14(9-12)17-5-3-16(4-6-17)13-1-2-13/h7-10,13H,1-6H2. The first kappa shape index (κ1) is 11.7. The highest BCUT2D eigenvalue weighted by Crippen LogP contribution is 2.28. The van der Waals surface area contributed by atoms with E-state index in [1.165, 1.54) is 25.0 Å². The number of carbonyl (C=O) groups is 1. The Labute approximate surface area is 106 Å². The van der Waals surface area contributed by atoms with Gasteiger partial charge in [-0.25, -0.2) is 4.39 Å². The Morgan fingerprint density at radius 1 is 1.11 bits per heavy atom. The van der Waals surface area contributed by atoms with E-state index in [4.69, 9.17) is 0 Å². The van der Waals surface area contributed by atoms with Crippen LogP contribution in [0.15, 0.2) is 18.2 Å². The van der Waals surface area contributed by atoms with Crippen molar-refractivity contribution in [3.63, 3.8) is 0 Å². The highest BCUT2D eigenvalue weighted by Gasteiger charge is 2.31. The fourth-order valence-corrected chi connectivity index (χ4v) is 2.63. The number of carbonyl (C=O) groups excluding carboxylic acids is 1. The van der Waals surface area contributed by atoms with Crippen molar-refractivity contribution in [1.82, 2.24) is 4.90 Å². The van der Waals surface area contributed by atoms with Crippen LogP contribution >= 0.6 is 0 Å². The Morgan fingerprint density at radius 2 is 1.83 bits per heavy atom. The number of halogens is 1. The molecule has 0 unspecified atom stereocenters. The summed E-state index contributed by atoms with van der Waals surface area (Å²) in [6.07, 6.45) is 3.36. The van der Waals surface area contributed by atoms with Gasteiger partial charge in [-0.2, -0.15) is 0 Å². The zero-order valence-corrected chi connectivity index (χ0v) is 10.3. The lowest BCUT2D eigenvalue weighted by molar-refractivity contribution is 0.112. The molecular formula is C14H17FN2O. The molecule has 1 saturated carbocycles. The Morgan fingerprint density at radius 3 is 2.44 bits per heavy atom. The Kier molecular flexibility index (Phi) is 3.04. The summed E-state index contributed by atoms with van der Waals surface area (Å²) >= 11 is 0. The molecule has 1 aromatic rings. The van der Waals surface area contributed by atoms with Gasteiger partial charge in [0.05, 0.1) is 0 Å². The second-order valence-electron chi connectivity index (χ2n) is 5.11. The van der Waals surface area contributed by atoms with Crippen molar-refractivity contribution in [3.8, 4) is 0 Å². The summed E-state index contributed by atoms with van der Waals surface area (Å²) in [7, 11) is 0. The van der Waals surface area contributed by atoms with Gasteiger partial charge in [0.15, 0.2) is 0 Å². The van der Waals surface area contributed by atoms with Crippen LogP contribution < -0.4 is 4.90 Å². The molecule has 1 aliphatic heterocycles. The second kappa shape index (κ2) is 4.69. The molecule has 1 aromatic carbocycles. The van der Waals surface area contributed by atoms with Crippen LogP contribution in [0.2, 0.25) is 0 Å². The van der Waals surface area contributed by atoms with Crippen molar-refractivity contribution in [2.45, 2.75) is 18.9 Å². The lowest BCUT2D eigenvalue weighted by atomic mass is 10.1. The molecule has 2 fully saturated rings. The van der Waals surface area contributed by atoms with E-state index in [9.17, 15) is 9.18 Å². The SMILES string of the molecule is O=Cc1cc(F)cc(N2CCN(C3CC3)CC2)c1. The number of piperazine rings is 1. The van der Waals surface area contributed by atoms with Gasteiger partial charge in [-0.3, -0.25) is 9.69 Å². The van der Waals surface area contributed by atoms with Gasteiger partial charge in [0.25, 0.3) is 0 Å². The first-order valence-corrected chi connectivity index (χ1v) is 6.51. The minimum atomic E-state index is -0.334. The minimum absolute atomic E-state index is 0.334. The maximum absolute atomic E-state index is 13.4. The van der Waals surface area contributed by atoms with Gasteiger partial charge in [-0.15, -0.1) is 0 Å². The fourth-order valence-electron chi connectivity index (χ4n) is 2.63. The molecule has 1 heterocycles. The smallest absolute Gasteiger partial charge is 0.150 e.